The van der Waals surface area contributed by atoms with Crippen molar-refractivity contribution in [1.82, 2.24) is 14.5 Å². The first-order valence-corrected chi connectivity index (χ1v) is 12.1. The van der Waals surface area contributed by atoms with Crippen molar-refractivity contribution in [3.05, 3.63) is 58.6 Å². The maximum absolute atomic E-state index is 5.31. The third-order valence-corrected chi connectivity index (χ3v) is 6.31. The molecule has 0 unspecified atom stereocenters. The number of hydrogen-bond donors (Lipinski definition) is 1. The summed E-state index contributed by atoms with van der Waals surface area (Å²) in [7, 11) is 2.07. The lowest BCUT2D eigenvalue weighted by atomic mass is 9.80. The molecule has 4 heteroatoms. The summed E-state index contributed by atoms with van der Waals surface area (Å²) in [6.45, 7) is 27.2. The van der Waals surface area contributed by atoms with Crippen LogP contribution in [0, 0.1) is 10.8 Å². The third kappa shape index (κ3) is 4.95. The van der Waals surface area contributed by atoms with Crippen LogP contribution in [0.1, 0.15) is 106 Å². The Morgan fingerprint density at radius 1 is 0.818 bits per heavy atom. The van der Waals surface area contributed by atoms with Crippen molar-refractivity contribution in [2.24, 2.45) is 22.9 Å². The molecule has 33 heavy (non-hydrogen) atoms. The fourth-order valence-corrected chi connectivity index (χ4v) is 4.15. The van der Waals surface area contributed by atoms with E-state index in [0.717, 1.165) is 28.5 Å². The summed E-state index contributed by atoms with van der Waals surface area (Å²) in [6.07, 6.45) is 6.21. The van der Waals surface area contributed by atoms with Gasteiger partial charge in [0.25, 0.3) is 0 Å². The van der Waals surface area contributed by atoms with Gasteiger partial charge in [0.1, 0.15) is 5.82 Å². The summed E-state index contributed by atoms with van der Waals surface area (Å²) < 4.78 is 2.11. The smallest absolute Gasteiger partial charge is 0.143 e. The number of aromatic amines is 1. The number of imidazole rings is 1. The molecule has 1 aliphatic heterocycles. The number of H-pyrrole nitrogens is 1. The molecule has 0 saturated carbocycles. The molecule has 0 radical (unpaired) electrons. The van der Waals surface area contributed by atoms with Gasteiger partial charge in [-0.2, -0.15) is 0 Å². The number of hydrogen-bond acceptors (Lipinski definition) is 2. The van der Waals surface area contributed by atoms with Crippen molar-refractivity contribution in [2.45, 2.75) is 93.9 Å². The molecule has 0 bridgehead atoms. The van der Waals surface area contributed by atoms with E-state index in [9.17, 15) is 0 Å². The Balaban J connectivity index is 2.50. The van der Waals surface area contributed by atoms with Gasteiger partial charge >= 0.3 is 0 Å². The van der Waals surface area contributed by atoms with E-state index in [0.29, 0.717) is 0 Å². The molecule has 0 atom stereocenters. The predicted octanol–water partition coefficient (Wildman–Crippen LogP) is 7.58. The molecule has 0 fully saturated rings. The minimum Gasteiger partial charge on any atom is -0.358 e. The average molecular weight is 449 g/mol. The number of aromatic nitrogens is 3. The summed E-state index contributed by atoms with van der Waals surface area (Å²) in [5, 5.41) is 0. The van der Waals surface area contributed by atoms with Crippen molar-refractivity contribution in [1.29, 1.82) is 0 Å². The van der Waals surface area contributed by atoms with E-state index >= 15 is 0 Å². The number of nitrogens with one attached hydrogen (secondary N) is 1. The molecule has 0 amide bonds. The van der Waals surface area contributed by atoms with Gasteiger partial charge in [-0.3, -0.25) is 4.99 Å². The molecular formula is C29H44N4. The zero-order valence-corrected chi connectivity index (χ0v) is 23.2. The third-order valence-electron chi connectivity index (χ3n) is 6.31. The molecule has 3 rings (SSSR count). The van der Waals surface area contributed by atoms with Crippen LogP contribution in [0.2, 0.25) is 0 Å². The largest absolute Gasteiger partial charge is 0.358 e. The van der Waals surface area contributed by atoms with Crippen molar-refractivity contribution in [2.75, 3.05) is 0 Å². The minimum absolute atomic E-state index is 0.00781. The lowest BCUT2D eigenvalue weighted by Gasteiger charge is -2.25. The Bertz CT molecular complexity index is 1130. The van der Waals surface area contributed by atoms with Crippen LogP contribution in [0.3, 0.4) is 0 Å². The molecule has 3 heterocycles. The zero-order valence-electron chi connectivity index (χ0n) is 23.2. The Morgan fingerprint density at radius 3 is 1.85 bits per heavy atom. The van der Waals surface area contributed by atoms with Crippen molar-refractivity contribution in [3.63, 3.8) is 0 Å². The van der Waals surface area contributed by atoms with E-state index in [1.54, 1.807) is 0 Å². The zero-order chi connectivity index (χ0) is 25.1. The van der Waals surface area contributed by atoms with E-state index < -0.39 is 0 Å². The fourth-order valence-electron chi connectivity index (χ4n) is 4.15. The predicted molar refractivity (Wildman–Crippen MR) is 142 cm³/mol. The molecule has 0 spiro atoms. The van der Waals surface area contributed by atoms with Crippen molar-refractivity contribution in [3.8, 4) is 0 Å². The van der Waals surface area contributed by atoms with Crippen LogP contribution in [0.4, 0.5) is 0 Å². The highest BCUT2D eigenvalue weighted by Crippen LogP contribution is 2.45. The van der Waals surface area contributed by atoms with E-state index in [4.69, 9.17) is 9.98 Å². The molecule has 0 saturated heterocycles. The van der Waals surface area contributed by atoms with E-state index in [2.05, 4.69) is 112 Å². The Labute approximate surface area is 201 Å². The topological polar surface area (TPSA) is 46.0 Å². The highest BCUT2D eigenvalue weighted by atomic mass is 15.0. The summed E-state index contributed by atoms with van der Waals surface area (Å²) in [5.41, 5.74) is 8.05. The van der Waals surface area contributed by atoms with Crippen LogP contribution in [0.15, 0.2) is 40.8 Å². The molecule has 1 N–H and O–H groups in total. The maximum Gasteiger partial charge on any atom is 0.143 e. The minimum atomic E-state index is -0.0520. The van der Waals surface area contributed by atoms with Gasteiger partial charge in [-0.05, 0) is 34.1 Å². The first-order chi connectivity index (χ1) is 14.8. The lowest BCUT2D eigenvalue weighted by Crippen LogP contribution is -2.17. The van der Waals surface area contributed by atoms with Crippen LogP contribution in [-0.4, -0.2) is 20.2 Å². The monoisotopic (exact) mass is 448 g/mol. The second-order valence-electron chi connectivity index (χ2n) is 13.6. The van der Waals surface area contributed by atoms with Gasteiger partial charge in [0, 0.05) is 41.7 Å². The molecule has 180 valence electrons. The first kappa shape index (κ1) is 25.3. The highest BCUT2D eigenvalue weighted by Gasteiger charge is 2.36. The summed E-state index contributed by atoms with van der Waals surface area (Å²) >= 11 is 0. The second kappa shape index (κ2) is 7.85. The lowest BCUT2D eigenvalue weighted by molar-refractivity contribution is 0.512. The van der Waals surface area contributed by atoms with Crippen LogP contribution in [0.5, 0.6) is 0 Å². The van der Waals surface area contributed by atoms with Gasteiger partial charge in [-0.15, -0.1) is 0 Å². The number of rotatable bonds is 2. The Kier molecular flexibility index (Phi) is 6.01. The van der Waals surface area contributed by atoms with E-state index in [1.165, 1.54) is 16.8 Å². The first-order valence-electron chi connectivity index (χ1n) is 12.1. The molecule has 4 nitrogen and oxygen atoms in total. The molecule has 0 aromatic carbocycles. The molecule has 2 aromatic rings. The summed E-state index contributed by atoms with van der Waals surface area (Å²) in [4.78, 5) is 14.0. The quantitative estimate of drug-likeness (QED) is 0.506. The van der Waals surface area contributed by atoms with Crippen molar-refractivity contribution < 1.29 is 0 Å². The SMILES string of the molecule is Cn1ccnc1/C(=C1/N=C(C(C)(C)C)C=C1C(C)(C)C)c1[nH]c(C(C)(C)C)cc1C(C)(C)C. The van der Waals surface area contributed by atoms with Gasteiger partial charge in [0.15, 0.2) is 0 Å². The van der Waals surface area contributed by atoms with Crippen LogP contribution < -0.4 is 0 Å². The van der Waals surface area contributed by atoms with Gasteiger partial charge in [0.2, 0.25) is 0 Å². The number of aryl methyl sites for hydroxylation is 1. The molecule has 1 aliphatic rings. The van der Waals surface area contributed by atoms with E-state index in [-0.39, 0.29) is 21.7 Å². The van der Waals surface area contributed by atoms with Crippen LogP contribution in [-0.2, 0) is 17.9 Å². The summed E-state index contributed by atoms with van der Waals surface area (Å²) in [5.74, 6) is 0.937. The number of aliphatic imine (C=N–C) groups is 1. The standard InChI is InChI=1S/C29H44N4/c1-26(2,3)18-16-20(28(7,8)9)31-23(18)22(25-30-14-15-33(25)13)24-19(27(4,5)6)17-21(32-24)29(10,11)12/h14-17,31H,1-13H3/b24-22+. The highest BCUT2D eigenvalue weighted by molar-refractivity contribution is 6.05. The van der Waals surface area contributed by atoms with E-state index in [1.807, 2.05) is 12.4 Å². The van der Waals surface area contributed by atoms with Crippen LogP contribution in [0.25, 0.3) is 5.57 Å². The van der Waals surface area contributed by atoms with Gasteiger partial charge in [-0.25, -0.2) is 4.98 Å². The Morgan fingerprint density at radius 2 is 1.42 bits per heavy atom. The normalized spacial score (nSPS) is 17.4. The van der Waals surface area contributed by atoms with Gasteiger partial charge in [0.05, 0.1) is 17.0 Å². The fraction of sp³-hybridized carbons (Fsp3) is 0.586. The number of allylic oxidation sites excluding steroid dienone is 2. The maximum atomic E-state index is 5.31. The second-order valence-corrected chi connectivity index (χ2v) is 13.6. The molecule has 0 aliphatic carbocycles. The van der Waals surface area contributed by atoms with Gasteiger partial charge < -0.3 is 9.55 Å². The Hall–Kier alpha value is -2.36. The molecule has 2 aromatic heterocycles. The van der Waals surface area contributed by atoms with Crippen molar-refractivity contribution >= 4 is 11.3 Å². The van der Waals surface area contributed by atoms with Crippen LogP contribution >= 0.6 is 0 Å². The summed E-state index contributed by atoms with van der Waals surface area (Å²) in [6, 6.07) is 2.35. The average Bonchev–Trinajstić information content (AvgIpc) is 3.32. The van der Waals surface area contributed by atoms with Gasteiger partial charge in [-0.1, -0.05) is 83.1 Å². The molecular weight excluding hydrogens is 404 g/mol. The number of nitrogens with zero attached hydrogens (tertiary/aromatic N) is 3.